The third-order valence-corrected chi connectivity index (χ3v) is 2.25. The number of nitrogens with two attached hydrogens (primary N) is 2. The van der Waals surface area contributed by atoms with Crippen LogP contribution >= 0.6 is 0 Å². The topological polar surface area (TPSA) is 87.6 Å². The van der Waals surface area contributed by atoms with Crippen molar-refractivity contribution in [3.05, 3.63) is 23.8 Å². The fourth-order valence-electron chi connectivity index (χ4n) is 1.29. The van der Waals surface area contributed by atoms with Gasteiger partial charge in [0.1, 0.15) is 0 Å². The number of carbonyl (C=O) groups excluding carboxylic acids is 1. The molecule has 0 saturated carbocycles. The molecule has 0 aliphatic heterocycles. The van der Waals surface area contributed by atoms with E-state index >= 15 is 0 Å². The lowest BCUT2D eigenvalue weighted by atomic mass is 10.2. The number of hydrogen-bond donors (Lipinski definition) is 2. The summed E-state index contributed by atoms with van der Waals surface area (Å²) in [6.07, 6.45) is -0.696. The van der Waals surface area contributed by atoms with Crippen molar-refractivity contribution < 1.29 is 14.3 Å². The average Bonchev–Trinajstić information content (AvgIpc) is 2.31. The molecule has 1 aromatic rings. The van der Waals surface area contributed by atoms with Crippen molar-refractivity contribution >= 4 is 5.91 Å². The monoisotopic (exact) mass is 238 g/mol. The summed E-state index contributed by atoms with van der Waals surface area (Å²) in [6, 6.07) is 5.35. The van der Waals surface area contributed by atoms with E-state index in [0.29, 0.717) is 24.7 Å². The Hall–Kier alpha value is -1.75. The highest BCUT2D eigenvalue weighted by Crippen LogP contribution is 2.29. The number of benzene rings is 1. The SMILES string of the molecule is CCOc1cc(CN)ccc1OC(C)C(N)=O. The highest BCUT2D eigenvalue weighted by molar-refractivity contribution is 5.78. The molecule has 5 nitrogen and oxygen atoms in total. The number of rotatable bonds is 6. The maximum atomic E-state index is 10.9. The molecule has 0 spiro atoms. The van der Waals surface area contributed by atoms with E-state index in [0.717, 1.165) is 5.56 Å². The van der Waals surface area contributed by atoms with Gasteiger partial charge in [-0.05, 0) is 31.5 Å². The summed E-state index contributed by atoms with van der Waals surface area (Å²) < 4.78 is 10.8. The van der Waals surface area contributed by atoms with E-state index in [9.17, 15) is 4.79 Å². The van der Waals surface area contributed by atoms with Crippen molar-refractivity contribution in [3.8, 4) is 11.5 Å². The van der Waals surface area contributed by atoms with Gasteiger partial charge in [-0.3, -0.25) is 4.79 Å². The summed E-state index contributed by atoms with van der Waals surface area (Å²) in [4.78, 5) is 10.9. The van der Waals surface area contributed by atoms with E-state index in [2.05, 4.69) is 0 Å². The average molecular weight is 238 g/mol. The van der Waals surface area contributed by atoms with Gasteiger partial charge in [0.05, 0.1) is 6.61 Å². The molecule has 0 aromatic heterocycles. The van der Waals surface area contributed by atoms with Gasteiger partial charge in [-0.1, -0.05) is 6.07 Å². The Labute approximate surface area is 101 Å². The van der Waals surface area contributed by atoms with Gasteiger partial charge in [0.15, 0.2) is 17.6 Å². The Morgan fingerprint density at radius 2 is 2.12 bits per heavy atom. The number of amides is 1. The third-order valence-electron chi connectivity index (χ3n) is 2.25. The Bertz CT molecular complexity index is 393. The zero-order chi connectivity index (χ0) is 12.8. The summed E-state index contributed by atoms with van der Waals surface area (Å²) in [6.45, 7) is 4.40. The Kier molecular flexibility index (Phi) is 4.78. The highest BCUT2D eigenvalue weighted by Gasteiger charge is 2.14. The summed E-state index contributed by atoms with van der Waals surface area (Å²) in [5.41, 5.74) is 11.6. The molecule has 0 saturated heterocycles. The first kappa shape index (κ1) is 13.3. The predicted octanol–water partition coefficient (Wildman–Crippen LogP) is 0.797. The molecule has 0 radical (unpaired) electrons. The van der Waals surface area contributed by atoms with Crippen LogP contribution in [0.3, 0.4) is 0 Å². The van der Waals surface area contributed by atoms with E-state index in [1.807, 2.05) is 13.0 Å². The number of carbonyl (C=O) groups is 1. The largest absolute Gasteiger partial charge is 0.490 e. The van der Waals surface area contributed by atoms with E-state index in [1.165, 1.54) is 0 Å². The van der Waals surface area contributed by atoms with Crippen LogP contribution in [0.1, 0.15) is 19.4 Å². The molecule has 0 aliphatic carbocycles. The molecule has 4 N–H and O–H groups in total. The lowest BCUT2D eigenvalue weighted by Crippen LogP contribution is -2.30. The van der Waals surface area contributed by atoms with Crippen molar-refractivity contribution in [2.75, 3.05) is 6.61 Å². The second-order valence-electron chi connectivity index (χ2n) is 3.58. The second-order valence-corrected chi connectivity index (χ2v) is 3.58. The molecule has 1 unspecified atom stereocenters. The lowest BCUT2D eigenvalue weighted by Gasteiger charge is -2.15. The number of hydrogen-bond acceptors (Lipinski definition) is 4. The molecule has 1 amide bonds. The van der Waals surface area contributed by atoms with Crippen LogP contribution in [-0.4, -0.2) is 18.6 Å². The maximum absolute atomic E-state index is 10.9. The molecule has 1 aromatic carbocycles. The van der Waals surface area contributed by atoms with Crippen LogP contribution in [0.5, 0.6) is 11.5 Å². The maximum Gasteiger partial charge on any atom is 0.258 e. The molecular weight excluding hydrogens is 220 g/mol. The minimum absolute atomic E-state index is 0.422. The van der Waals surface area contributed by atoms with Gasteiger partial charge < -0.3 is 20.9 Å². The number of primary amides is 1. The molecular formula is C12H18N2O3. The van der Waals surface area contributed by atoms with Crippen molar-refractivity contribution in [1.82, 2.24) is 0 Å². The van der Waals surface area contributed by atoms with Gasteiger partial charge in [0.2, 0.25) is 0 Å². The Balaban J connectivity index is 2.93. The van der Waals surface area contributed by atoms with Crippen LogP contribution < -0.4 is 20.9 Å². The zero-order valence-electron chi connectivity index (χ0n) is 10.1. The van der Waals surface area contributed by atoms with Crippen LogP contribution in [0.15, 0.2) is 18.2 Å². The first-order chi connectivity index (χ1) is 8.08. The van der Waals surface area contributed by atoms with Gasteiger partial charge in [-0.2, -0.15) is 0 Å². The standard InChI is InChI=1S/C12H18N2O3/c1-3-16-11-6-9(7-13)4-5-10(11)17-8(2)12(14)15/h4-6,8H,3,7,13H2,1-2H3,(H2,14,15). The predicted molar refractivity (Wildman–Crippen MR) is 64.8 cm³/mol. The highest BCUT2D eigenvalue weighted by atomic mass is 16.5. The second kappa shape index (κ2) is 6.10. The zero-order valence-corrected chi connectivity index (χ0v) is 10.1. The van der Waals surface area contributed by atoms with Gasteiger partial charge in [0.25, 0.3) is 5.91 Å². The van der Waals surface area contributed by atoms with Crippen LogP contribution in [0.2, 0.25) is 0 Å². The molecule has 0 fully saturated rings. The van der Waals surface area contributed by atoms with Crippen molar-refractivity contribution in [3.63, 3.8) is 0 Å². The van der Waals surface area contributed by atoms with E-state index in [1.54, 1.807) is 19.1 Å². The summed E-state index contributed by atoms with van der Waals surface area (Å²) in [5, 5.41) is 0. The minimum Gasteiger partial charge on any atom is -0.490 e. The first-order valence-corrected chi connectivity index (χ1v) is 5.50. The third kappa shape index (κ3) is 3.64. The van der Waals surface area contributed by atoms with E-state index in [-0.39, 0.29) is 0 Å². The molecule has 0 heterocycles. The van der Waals surface area contributed by atoms with Crippen LogP contribution in [0, 0.1) is 0 Å². The van der Waals surface area contributed by atoms with Gasteiger partial charge in [-0.15, -0.1) is 0 Å². The van der Waals surface area contributed by atoms with Crippen LogP contribution in [0.4, 0.5) is 0 Å². The molecule has 5 heteroatoms. The number of ether oxygens (including phenoxy) is 2. The van der Waals surface area contributed by atoms with E-state index < -0.39 is 12.0 Å². The smallest absolute Gasteiger partial charge is 0.258 e. The van der Waals surface area contributed by atoms with Crippen LogP contribution in [-0.2, 0) is 11.3 Å². The Morgan fingerprint density at radius 1 is 1.41 bits per heavy atom. The molecule has 17 heavy (non-hydrogen) atoms. The fraction of sp³-hybridized carbons (Fsp3) is 0.417. The van der Waals surface area contributed by atoms with Crippen molar-refractivity contribution in [2.24, 2.45) is 11.5 Å². The summed E-state index contributed by atoms with van der Waals surface area (Å²) in [5.74, 6) is 0.550. The van der Waals surface area contributed by atoms with Gasteiger partial charge in [0, 0.05) is 6.54 Å². The summed E-state index contributed by atoms with van der Waals surface area (Å²) in [7, 11) is 0. The van der Waals surface area contributed by atoms with Crippen LogP contribution in [0.25, 0.3) is 0 Å². The molecule has 0 aliphatic rings. The molecule has 1 atom stereocenters. The first-order valence-electron chi connectivity index (χ1n) is 5.50. The molecule has 1 rings (SSSR count). The van der Waals surface area contributed by atoms with E-state index in [4.69, 9.17) is 20.9 Å². The fourth-order valence-corrected chi connectivity index (χ4v) is 1.29. The normalized spacial score (nSPS) is 11.9. The van der Waals surface area contributed by atoms with Gasteiger partial charge in [-0.25, -0.2) is 0 Å². The Morgan fingerprint density at radius 3 is 2.65 bits per heavy atom. The van der Waals surface area contributed by atoms with Gasteiger partial charge >= 0.3 is 0 Å². The van der Waals surface area contributed by atoms with Crippen molar-refractivity contribution in [1.29, 1.82) is 0 Å². The lowest BCUT2D eigenvalue weighted by molar-refractivity contribution is -0.124. The minimum atomic E-state index is -0.696. The molecule has 0 bridgehead atoms. The molecule has 94 valence electrons. The quantitative estimate of drug-likeness (QED) is 0.767. The van der Waals surface area contributed by atoms with Crippen molar-refractivity contribution in [2.45, 2.75) is 26.5 Å². The summed E-state index contributed by atoms with van der Waals surface area (Å²) >= 11 is 0.